The van der Waals surface area contributed by atoms with Gasteiger partial charge >= 0.3 is 0 Å². The lowest BCUT2D eigenvalue weighted by Crippen LogP contribution is -2.34. The van der Waals surface area contributed by atoms with Crippen LogP contribution in [-0.4, -0.2) is 35.8 Å². The summed E-state index contributed by atoms with van der Waals surface area (Å²) in [6, 6.07) is 12.4. The number of nitro benzene ring substituents is 1. The fourth-order valence-corrected chi connectivity index (χ4v) is 2.30. The highest BCUT2D eigenvalue weighted by Gasteiger charge is 2.10. The van der Waals surface area contributed by atoms with E-state index in [1.165, 1.54) is 24.3 Å². The van der Waals surface area contributed by atoms with Gasteiger partial charge in [-0.25, -0.2) is 0 Å². The van der Waals surface area contributed by atoms with E-state index < -0.39 is 10.8 Å². The third kappa shape index (κ3) is 6.65. The minimum Gasteiger partial charge on any atom is -0.491 e. The van der Waals surface area contributed by atoms with E-state index in [1.807, 2.05) is 6.92 Å². The van der Waals surface area contributed by atoms with Crippen molar-refractivity contribution in [3.8, 4) is 5.75 Å². The first-order chi connectivity index (χ1) is 13.0. The number of anilines is 1. The molecule has 0 fully saturated rings. The highest BCUT2D eigenvalue weighted by molar-refractivity contribution is 7.80. The van der Waals surface area contributed by atoms with E-state index in [-0.39, 0.29) is 10.8 Å². The van der Waals surface area contributed by atoms with Crippen molar-refractivity contribution in [3.05, 3.63) is 64.2 Å². The van der Waals surface area contributed by atoms with Crippen LogP contribution in [0.25, 0.3) is 0 Å². The van der Waals surface area contributed by atoms with Crippen LogP contribution >= 0.6 is 12.2 Å². The summed E-state index contributed by atoms with van der Waals surface area (Å²) in [6.45, 7) is 3.37. The Morgan fingerprint density at radius 1 is 1.19 bits per heavy atom. The normalized spacial score (nSPS) is 10.1. The highest BCUT2D eigenvalue weighted by Crippen LogP contribution is 2.16. The van der Waals surface area contributed by atoms with Crippen molar-refractivity contribution in [2.75, 3.05) is 25.1 Å². The van der Waals surface area contributed by atoms with Crippen LogP contribution in [-0.2, 0) is 4.74 Å². The minimum absolute atomic E-state index is 0.0309. The second kappa shape index (κ2) is 10.2. The molecule has 1 amide bonds. The van der Waals surface area contributed by atoms with Crippen molar-refractivity contribution in [1.29, 1.82) is 0 Å². The molecule has 2 aromatic rings. The lowest BCUT2D eigenvalue weighted by atomic mass is 10.2. The minimum atomic E-state index is -0.493. The van der Waals surface area contributed by atoms with E-state index in [0.29, 0.717) is 36.8 Å². The highest BCUT2D eigenvalue weighted by atomic mass is 32.1. The zero-order valence-electron chi connectivity index (χ0n) is 14.6. The molecule has 0 heterocycles. The summed E-state index contributed by atoms with van der Waals surface area (Å²) in [6.07, 6.45) is 0. The zero-order valence-corrected chi connectivity index (χ0v) is 15.5. The summed E-state index contributed by atoms with van der Waals surface area (Å²) in [4.78, 5) is 22.5. The molecule has 0 saturated heterocycles. The molecule has 0 saturated carbocycles. The summed E-state index contributed by atoms with van der Waals surface area (Å²) in [5, 5.41) is 16.1. The summed E-state index contributed by atoms with van der Waals surface area (Å²) >= 11 is 5.10. The molecule has 142 valence electrons. The SMILES string of the molecule is CCOCCOc1cccc(C(=O)NC(=S)Nc2ccc([N+](=O)[O-])cc2)c1. The molecular formula is C18H19N3O5S. The Morgan fingerprint density at radius 3 is 2.59 bits per heavy atom. The molecule has 9 heteroatoms. The maximum atomic E-state index is 12.3. The van der Waals surface area contributed by atoms with Crippen LogP contribution in [0.15, 0.2) is 48.5 Å². The van der Waals surface area contributed by atoms with Crippen molar-refractivity contribution in [2.24, 2.45) is 0 Å². The van der Waals surface area contributed by atoms with Crippen LogP contribution in [0.3, 0.4) is 0 Å². The number of carbonyl (C=O) groups is 1. The Hall–Kier alpha value is -3.04. The number of hydrogen-bond acceptors (Lipinski definition) is 6. The fourth-order valence-electron chi connectivity index (χ4n) is 2.09. The molecule has 2 aromatic carbocycles. The maximum absolute atomic E-state index is 12.3. The van der Waals surface area contributed by atoms with Gasteiger partial charge in [-0.15, -0.1) is 0 Å². The Balaban J connectivity index is 1.90. The molecule has 0 aliphatic carbocycles. The van der Waals surface area contributed by atoms with Gasteiger partial charge in [0.2, 0.25) is 0 Å². The second-order valence-corrected chi connectivity index (χ2v) is 5.69. The van der Waals surface area contributed by atoms with Crippen LogP contribution in [0.1, 0.15) is 17.3 Å². The van der Waals surface area contributed by atoms with Gasteiger partial charge in [-0.1, -0.05) is 6.07 Å². The topological polar surface area (TPSA) is 103 Å². The first kappa shape index (κ1) is 20.3. The Labute approximate surface area is 161 Å². The van der Waals surface area contributed by atoms with E-state index >= 15 is 0 Å². The number of rotatable bonds is 8. The molecule has 0 aromatic heterocycles. The molecule has 2 rings (SSSR count). The Morgan fingerprint density at radius 2 is 1.93 bits per heavy atom. The van der Waals surface area contributed by atoms with Gasteiger partial charge in [0.1, 0.15) is 12.4 Å². The van der Waals surface area contributed by atoms with Crippen LogP contribution in [0.5, 0.6) is 5.75 Å². The molecule has 2 N–H and O–H groups in total. The van der Waals surface area contributed by atoms with Crippen LogP contribution < -0.4 is 15.4 Å². The van der Waals surface area contributed by atoms with Gasteiger partial charge in [0.15, 0.2) is 5.11 Å². The third-order valence-electron chi connectivity index (χ3n) is 3.36. The van der Waals surface area contributed by atoms with Gasteiger partial charge in [0, 0.05) is 30.0 Å². The quantitative estimate of drug-likeness (QED) is 0.309. The second-order valence-electron chi connectivity index (χ2n) is 5.29. The predicted octanol–water partition coefficient (Wildman–Crippen LogP) is 3.14. The maximum Gasteiger partial charge on any atom is 0.269 e. The summed E-state index contributed by atoms with van der Waals surface area (Å²) in [7, 11) is 0. The third-order valence-corrected chi connectivity index (χ3v) is 3.56. The van der Waals surface area contributed by atoms with E-state index in [0.717, 1.165) is 0 Å². The predicted molar refractivity (Wildman–Crippen MR) is 105 cm³/mol. The van der Waals surface area contributed by atoms with Gasteiger partial charge in [0.25, 0.3) is 11.6 Å². The monoisotopic (exact) mass is 389 g/mol. The molecule has 0 unspecified atom stereocenters. The van der Waals surface area contributed by atoms with Gasteiger partial charge in [-0.05, 0) is 49.5 Å². The molecule has 0 spiro atoms. The average molecular weight is 389 g/mol. The van der Waals surface area contributed by atoms with Crippen molar-refractivity contribution in [1.82, 2.24) is 5.32 Å². The average Bonchev–Trinajstić information content (AvgIpc) is 2.66. The van der Waals surface area contributed by atoms with E-state index in [2.05, 4.69) is 10.6 Å². The smallest absolute Gasteiger partial charge is 0.269 e. The number of thiocarbonyl (C=S) groups is 1. The molecule has 8 nitrogen and oxygen atoms in total. The zero-order chi connectivity index (χ0) is 19.6. The summed E-state index contributed by atoms with van der Waals surface area (Å²) in [5.41, 5.74) is 0.882. The lowest BCUT2D eigenvalue weighted by Gasteiger charge is -2.11. The van der Waals surface area contributed by atoms with Crippen LogP contribution in [0.2, 0.25) is 0 Å². The Bertz CT molecular complexity index is 811. The molecule has 0 aliphatic rings. The van der Waals surface area contributed by atoms with E-state index in [9.17, 15) is 14.9 Å². The first-order valence-corrected chi connectivity index (χ1v) is 8.58. The molecule has 0 atom stereocenters. The summed E-state index contributed by atoms with van der Waals surface area (Å²) < 4.78 is 10.7. The number of nitrogens with one attached hydrogen (secondary N) is 2. The van der Waals surface area contributed by atoms with Gasteiger partial charge < -0.3 is 14.8 Å². The summed E-state index contributed by atoms with van der Waals surface area (Å²) in [5.74, 6) is 0.154. The van der Waals surface area contributed by atoms with E-state index in [1.54, 1.807) is 24.3 Å². The Kier molecular flexibility index (Phi) is 7.65. The van der Waals surface area contributed by atoms with Gasteiger partial charge in [0.05, 0.1) is 11.5 Å². The molecule has 27 heavy (non-hydrogen) atoms. The number of nitro groups is 1. The van der Waals surface area contributed by atoms with Gasteiger partial charge in [-0.3, -0.25) is 20.2 Å². The fraction of sp³-hybridized carbons (Fsp3) is 0.222. The van der Waals surface area contributed by atoms with Crippen molar-refractivity contribution in [2.45, 2.75) is 6.92 Å². The van der Waals surface area contributed by atoms with Crippen LogP contribution in [0.4, 0.5) is 11.4 Å². The number of amides is 1. The molecule has 0 bridgehead atoms. The number of nitrogens with zero attached hydrogens (tertiary/aromatic N) is 1. The number of benzene rings is 2. The van der Waals surface area contributed by atoms with Crippen molar-refractivity contribution < 1.29 is 19.2 Å². The van der Waals surface area contributed by atoms with Gasteiger partial charge in [-0.2, -0.15) is 0 Å². The lowest BCUT2D eigenvalue weighted by molar-refractivity contribution is -0.384. The number of hydrogen-bond donors (Lipinski definition) is 2. The number of carbonyl (C=O) groups excluding carboxylic acids is 1. The molecule has 0 radical (unpaired) electrons. The largest absolute Gasteiger partial charge is 0.491 e. The standard InChI is InChI=1S/C18H19N3O5S/c1-2-25-10-11-26-16-5-3-4-13(12-16)17(22)20-18(27)19-14-6-8-15(9-7-14)21(23)24/h3-9,12H,2,10-11H2,1H3,(H2,19,20,22,27). The van der Waals surface area contributed by atoms with Crippen LogP contribution in [0, 0.1) is 10.1 Å². The first-order valence-electron chi connectivity index (χ1n) is 8.17. The number of non-ortho nitro benzene ring substituents is 1. The number of ether oxygens (including phenoxy) is 2. The van der Waals surface area contributed by atoms with Crippen molar-refractivity contribution in [3.63, 3.8) is 0 Å². The van der Waals surface area contributed by atoms with Crippen molar-refractivity contribution >= 4 is 34.6 Å². The molecule has 0 aliphatic heterocycles. The molecular weight excluding hydrogens is 370 g/mol. The van der Waals surface area contributed by atoms with E-state index in [4.69, 9.17) is 21.7 Å².